The van der Waals surface area contributed by atoms with Crippen molar-refractivity contribution in [2.24, 2.45) is 0 Å². The molecule has 4 aromatic rings. The van der Waals surface area contributed by atoms with E-state index in [2.05, 4.69) is 16.4 Å². The number of aromatic nitrogens is 1. The second-order valence-corrected chi connectivity index (χ2v) is 6.89. The average Bonchev–Trinajstić information content (AvgIpc) is 3.19. The van der Waals surface area contributed by atoms with E-state index in [1.807, 2.05) is 30.3 Å². The lowest BCUT2D eigenvalue weighted by Gasteiger charge is -2.33. The Kier molecular flexibility index (Phi) is 4.95. The van der Waals surface area contributed by atoms with Gasteiger partial charge in [-0.1, -0.05) is 30.3 Å². The van der Waals surface area contributed by atoms with Gasteiger partial charge >= 0.3 is 0 Å². The maximum Gasteiger partial charge on any atom is 0.195 e. The number of fused-ring (bicyclic) bond motifs is 1. The Hall–Kier alpha value is -4.11. The van der Waals surface area contributed by atoms with Crippen molar-refractivity contribution in [3.8, 4) is 11.8 Å². The van der Waals surface area contributed by atoms with Crippen LogP contribution in [0, 0.1) is 11.3 Å². The van der Waals surface area contributed by atoms with E-state index < -0.39 is 5.54 Å². The highest BCUT2D eigenvalue weighted by atomic mass is 16.5. The molecule has 1 unspecified atom stereocenters. The molecule has 148 valence electrons. The first-order valence-corrected chi connectivity index (χ1v) is 9.35. The summed E-state index contributed by atoms with van der Waals surface area (Å²) in [6, 6.07) is 20.3. The Balaban J connectivity index is 1.96. The summed E-state index contributed by atoms with van der Waals surface area (Å²) in [5, 5.41) is 13.6. The number of ketones is 1. The van der Waals surface area contributed by atoms with Crippen LogP contribution in [0.3, 0.4) is 0 Å². The Morgan fingerprint density at radius 1 is 1.10 bits per heavy atom. The molecular formula is C24H19N3O3. The molecule has 1 N–H and O–H groups in total. The summed E-state index contributed by atoms with van der Waals surface area (Å²) in [6.07, 6.45) is 3.18. The van der Waals surface area contributed by atoms with Crippen molar-refractivity contribution < 1.29 is 13.9 Å². The van der Waals surface area contributed by atoms with Crippen LogP contribution in [-0.4, -0.2) is 17.9 Å². The number of hydrogen-bond donors (Lipinski definition) is 1. The monoisotopic (exact) mass is 397 g/mol. The highest BCUT2D eigenvalue weighted by Gasteiger charge is 2.41. The molecule has 0 amide bonds. The van der Waals surface area contributed by atoms with Crippen molar-refractivity contribution in [1.29, 1.82) is 5.26 Å². The van der Waals surface area contributed by atoms with E-state index in [4.69, 9.17) is 9.15 Å². The van der Waals surface area contributed by atoms with Gasteiger partial charge in [0, 0.05) is 23.2 Å². The fourth-order valence-corrected chi connectivity index (χ4v) is 3.59. The molecule has 6 heteroatoms. The highest BCUT2D eigenvalue weighted by Crippen LogP contribution is 2.37. The summed E-state index contributed by atoms with van der Waals surface area (Å²) < 4.78 is 11.3. The smallest absolute Gasteiger partial charge is 0.195 e. The normalized spacial score (nSPS) is 12.7. The van der Waals surface area contributed by atoms with Gasteiger partial charge in [-0.05, 0) is 36.8 Å². The number of nitriles is 1. The quantitative estimate of drug-likeness (QED) is 0.509. The molecule has 1 atom stereocenters. The SMILES string of the molecule is COc1cncc(C(Nc2cc3ccccc3o2)(C(C)=O)c2cccc(C#N)c2)c1. The molecule has 0 saturated carbocycles. The van der Waals surface area contributed by atoms with Gasteiger partial charge in [0.1, 0.15) is 11.3 Å². The van der Waals surface area contributed by atoms with E-state index in [-0.39, 0.29) is 5.78 Å². The van der Waals surface area contributed by atoms with E-state index in [0.717, 1.165) is 5.39 Å². The van der Waals surface area contributed by atoms with Gasteiger partial charge < -0.3 is 14.5 Å². The highest BCUT2D eigenvalue weighted by molar-refractivity contribution is 5.95. The first kappa shape index (κ1) is 19.2. The first-order chi connectivity index (χ1) is 14.6. The summed E-state index contributed by atoms with van der Waals surface area (Å²) >= 11 is 0. The lowest BCUT2D eigenvalue weighted by atomic mass is 9.79. The Bertz CT molecular complexity index is 1240. The van der Waals surface area contributed by atoms with Crippen molar-refractivity contribution in [2.75, 3.05) is 12.4 Å². The average molecular weight is 397 g/mol. The molecule has 4 rings (SSSR count). The lowest BCUT2D eigenvalue weighted by Crippen LogP contribution is -2.43. The van der Waals surface area contributed by atoms with Gasteiger partial charge in [0.25, 0.3) is 0 Å². The van der Waals surface area contributed by atoms with Gasteiger partial charge in [-0.3, -0.25) is 9.78 Å². The maximum absolute atomic E-state index is 13.2. The van der Waals surface area contributed by atoms with Crippen molar-refractivity contribution in [3.05, 3.63) is 89.7 Å². The Morgan fingerprint density at radius 3 is 2.67 bits per heavy atom. The van der Waals surface area contributed by atoms with Gasteiger partial charge in [0.2, 0.25) is 0 Å². The second kappa shape index (κ2) is 7.72. The zero-order valence-electron chi connectivity index (χ0n) is 16.5. The summed E-state index contributed by atoms with van der Waals surface area (Å²) in [5.74, 6) is 0.755. The summed E-state index contributed by atoms with van der Waals surface area (Å²) in [4.78, 5) is 17.5. The van der Waals surface area contributed by atoms with Crippen LogP contribution < -0.4 is 10.1 Å². The number of pyridine rings is 1. The van der Waals surface area contributed by atoms with Crippen LogP contribution in [0.2, 0.25) is 0 Å². The number of carbonyl (C=O) groups excluding carboxylic acids is 1. The van der Waals surface area contributed by atoms with Gasteiger partial charge in [0.15, 0.2) is 17.2 Å². The van der Waals surface area contributed by atoms with Crippen molar-refractivity contribution >= 4 is 22.6 Å². The van der Waals surface area contributed by atoms with E-state index in [1.54, 1.807) is 49.8 Å². The second-order valence-electron chi connectivity index (χ2n) is 6.89. The topological polar surface area (TPSA) is 88.2 Å². The lowest BCUT2D eigenvalue weighted by molar-refractivity contribution is -0.120. The maximum atomic E-state index is 13.2. The van der Waals surface area contributed by atoms with Crippen LogP contribution in [0.15, 0.2) is 77.5 Å². The van der Waals surface area contributed by atoms with Crippen LogP contribution in [0.25, 0.3) is 11.0 Å². The minimum absolute atomic E-state index is 0.187. The molecule has 0 saturated heterocycles. The number of methoxy groups -OCH3 is 1. The number of nitrogens with zero attached hydrogens (tertiary/aromatic N) is 2. The summed E-state index contributed by atoms with van der Waals surface area (Å²) in [6.45, 7) is 1.49. The van der Waals surface area contributed by atoms with Crippen molar-refractivity contribution in [3.63, 3.8) is 0 Å². The number of Topliss-reactive ketones (excluding diaryl/α,β-unsaturated/α-hetero) is 1. The molecule has 0 radical (unpaired) electrons. The fourth-order valence-electron chi connectivity index (χ4n) is 3.59. The van der Waals surface area contributed by atoms with E-state index in [9.17, 15) is 10.1 Å². The largest absolute Gasteiger partial charge is 0.495 e. The standard InChI is InChI=1S/C24H19N3O3/c1-16(28)24(19-8-5-6-17(10-19)13-25,20-12-21(29-2)15-26-14-20)27-23-11-18-7-3-4-9-22(18)30-23/h3-12,14-15,27H,1-2H3. The zero-order valence-corrected chi connectivity index (χ0v) is 16.5. The molecule has 30 heavy (non-hydrogen) atoms. The molecule has 0 fully saturated rings. The number of nitrogens with one attached hydrogen (secondary N) is 1. The van der Waals surface area contributed by atoms with Gasteiger partial charge in [0.05, 0.1) is 24.9 Å². The number of ether oxygens (including phenoxy) is 1. The van der Waals surface area contributed by atoms with E-state index in [0.29, 0.717) is 33.9 Å². The first-order valence-electron chi connectivity index (χ1n) is 9.35. The van der Waals surface area contributed by atoms with Crippen LogP contribution >= 0.6 is 0 Å². The van der Waals surface area contributed by atoms with Crippen LogP contribution in [0.4, 0.5) is 5.88 Å². The van der Waals surface area contributed by atoms with Crippen LogP contribution in [0.1, 0.15) is 23.6 Å². The molecule has 0 bridgehead atoms. The molecule has 2 aromatic carbocycles. The van der Waals surface area contributed by atoms with Crippen LogP contribution in [0.5, 0.6) is 5.75 Å². The molecule has 2 heterocycles. The number of hydrogen-bond acceptors (Lipinski definition) is 6. The molecular weight excluding hydrogens is 378 g/mol. The summed E-state index contributed by atoms with van der Waals surface area (Å²) in [5.41, 5.74) is 0.990. The Morgan fingerprint density at radius 2 is 1.93 bits per heavy atom. The van der Waals surface area contributed by atoms with Gasteiger partial charge in [-0.15, -0.1) is 0 Å². The predicted molar refractivity (Wildman–Crippen MR) is 113 cm³/mol. The van der Waals surface area contributed by atoms with Crippen molar-refractivity contribution in [1.82, 2.24) is 4.98 Å². The molecule has 0 aliphatic heterocycles. The van der Waals surface area contributed by atoms with Crippen LogP contribution in [-0.2, 0) is 10.3 Å². The molecule has 0 spiro atoms. The number of anilines is 1. The van der Waals surface area contributed by atoms with Gasteiger partial charge in [-0.25, -0.2) is 0 Å². The fraction of sp³-hybridized carbons (Fsp3) is 0.125. The van der Waals surface area contributed by atoms with E-state index in [1.165, 1.54) is 6.92 Å². The third-order valence-corrected chi connectivity index (χ3v) is 5.07. The number of carbonyl (C=O) groups is 1. The molecule has 2 aromatic heterocycles. The minimum Gasteiger partial charge on any atom is -0.495 e. The number of furan rings is 1. The number of benzene rings is 2. The minimum atomic E-state index is -1.33. The summed E-state index contributed by atoms with van der Waals surface area (Å²) in [7, 11) is 1.54. The molecule has 6 nitrogen and oxygen atoms in total. The molecule has 0 aliphatic carbocycles. The molecule has 0 aliphatic rings. The Labute approximate surface area is 173 Å². The third-order valence-electron chi connectivity index (χ3n) is 5.07. The van der Waals surface area contributed by atoms with Gasteiger partial charge in [-0.2, -0.15) is 5.26 Å². The third kappa shape index (κ3) is 3.27. The predicted octanol–water partition coefficient (Wildman–Crippen LogP) is 4.65. The van der Waals surface area contributed by atoms with E-state index >= 15 is 0 Å². The number of rotatable bonds is 6. The number of para-hydroxylation sites is 1. The van der Waals surface area contributed by atoms with Crippen molar-refractivity contribution in [2.45, 2.75) is 12.5 Å². The zero-order chi connectivity index (χ0) is 21.1.